The molecule has 3 aromatic rings. The summed E-state index contributed by atoms with van der Waals surface area (Å²) in [6.45, 7) is 8.85. The predicted molar refractivity (Wildman–Crippen MR) is 118 cm³/mol. The summed E-state index contributed by atoms with van der Waals surface area (Å²) in [4.78, 5) is 21.5. The Bertz CT molecular complexity index is 1060. The molecular weight excluding hydrogens is 402 g/mol. The number of allylic oxidation sites excluding steroid dienone is 1. The lowest BCUT2D eigenvalue weighted by Crippen LogP contribution is -2.26. The van der Waals surface area contributed by atoms with E-state index in [0.717, 1.165) is 5.57 Å². The molecule has 0 aliphatic rings. The Hall–Kier alpha value is -3.37. The number of carbonyl (C=O) groups excluding carboxylic acids is 1. The zero-order valence-electron chi connectivity index (χ0n) is 17.0. The molecule has 0 radical (unpaired) electrons. The van der Waals surface area contributed by atoms with Gasteiger partial charge in [-0.15, -0.1) is 11.3 Å². The van der Waals surface area contributed by atoms with Gasteiger partial charge in [0, 0.05) is 36.3 Å². The summed E-state index contributed by atoms with van der Waals surface area (Å²) in [5.41, 5.74) is 4.43. The fourth-order valence-corrected chi connectivity index (χ4v) is 3.41. The summed E-state index contributed by atoms with van der Waals surface area (Å²) in [5, 5.41) is 23.4. The van der Waals surface area contributed by atoms with E-state index in [4.69, 9.17) is 0 Å². The Kier molecular flexibility index (Phi) is 6.38. The second kappa shape index (κ2) is 8.97. The minimum Gasteiger partial charge on any atom is -0.389 e. The molecule has 1 amide bonds. The fourth-order valence-electron chi connectivity index (χ4n) is 2.63. The van der Waals surface area contributed by atoms with E-state index >= 15 is 0 Å². The first kappa shape index (κ1) is 21.3. The Morgan fingerprint density at radius 1 is 1.43 bits per heavy atom. The van der Waals surface area contributed by atoms with E-state index in [1.165, 1.54) is 11.3 Å². The van der Waals surface area contributed by atoms with Crippen LogP contribution in [0.5, 0.6) is 0 Å². The second-order valence-corrected chi connectivity index (χ2v) is 8.08. The first-order valence-electron chi connectivity index (χ1n) is 9.13. The van der Waals surface area contributed by atoms with E-state index in [0.29, 0.717) is 22.1 Å². The number of anilines is 1. The molecule has 0 fully saturated rings. The Balaban J connectivity index is 1.87. The zero-order valence-corrected chi connectivity index (χ0v) is 17.8. The van der Waals surface area contributed by atoms with Crippen LogP contribution in [0.2, 0.25) is 0 Å². The lowest BCUT2D eigenvalue weighted by molar-refractivity contribution is 0.0578. The zero-order chi connectivity index (χ0) is 21.7. The molecule has 3 N–H and O–H groups in total. The summed E-state index contributed by atoms with van der Waals surface area (Å²) in [5.74, 6) is -0.361. The monoisotopic (exact) mass is 425 g/mol. The highest BCUT2D eigenvalue weighted by Gasteiger charge is 2.20. The minimum absolute atomic E-state index is 0.262. The van der Waals surface area contributed by atoms with E-state index in [2.05, 4.69) is 37.6 Å². The molecular formula is C20H23N7O2S. The van der Waals surface area contributed by atoms with Gasteiger partial charge in [0.1, 0.15) is 16.4 Å². The van der Waals surface area contributed by atoms with Gasteiger partial charge in [-0.3, -0.25) is 19.9 Å². The quantitative estimate of drug-likeness (QED) is 0.377. The Morgan fingerprint density at radius 2 is 2.23 bits per heavy atom. The van der Waals surface area contributed by atoms with Crippen molar-refractivity contribution >= 4 is 35.2 Å². The van der Waals surface area contributed by atoms with Gasteiger partial charge < -0.3 is 10.4 Å². The van der Waals surface area contributed by atoms with Crippen LogP contribution in [0.4, 0.5) is 5.69 Å². The van der Waals surface area contributed by atoms with Gasteiger partial charge in [-0.05, 0) is 32.9 Å². The van der Waals surface area contributed by atoms with Crippen molar-refractivity contribution < 1.29 is 9.90 Å². The van der Waals surface area contributed by atoms with Gasteiger partial charge in [-0.2, -0.15) is 10.2 Å². The van der Waals surface area contributed by atoms with Crippen LogP contribution in [-0.4, -0.2) is 43.1 Å². The third kappa shape index (κ3) is 5.37. The summed E-state index contributed by atoms with van der Waals surface area (Å²) in [7, 11) is 0. The van der Waals surface area contributed by atoms with Crippen molar-refractivity contribution in [3.05, 3.63) is 52.9 Å². The second-order valence-electron chi connectivity index (χ2n) is 7.22. The maximum Gasteiger partial charge on any atom is 0.275 e. The molecule has 0 spiro atoms. The number of thiazole rings is 1. The SMILES string of the molecule is C=NN/C=C(\C)c1nc(C(=O)Nc2cn(CC(C)(C)O)nc2-c2ccccn2)cs1. The standard InChI is InChI=1S/C20H23N7O2S/c1-13(9-23-21-4)19-25-16(11-30-19)18(28)24-15-10-27(12-20(2,3)29)26-17(15)14-7-5-6-8-22-14/h5-11,23,29H,4,12H2,1-3H3,(H,24,28)/b13-9+. The van der Waals surface area contributed by atoms with E-state index < -0.39 is 5.60 Å². The number of amides is 1. The minimum atomic E-state index is -0.962. The van der Waals surface area contributed by atoms with E-state index in [-0.39, 0.29) is 18.1 Å². The average Bonchev–Trinajstić information content (AvgIpc) is 3.33. The lowest BCUT2D eigenvalue weighted by Gasteiger charge is -2.16. The third-order valence-corrected chi connectivity index (χ3v) is 4.89. The van der Waals surface area contributed by atoms with Crippen molar-refractivity contribution in [2.24, 2.45) is 5.10 Å². The van der Waals surface area contributed by atoms with Crippen molar-refractivity contribution in [2.45, 2.75) is 32.9 Å². The summed E-state index contributed by atoms with van der Waals surface area (Å²) >= 11 is 1.35. The van der Waals surface area contributed by atoms with Crippen LogP contribution in [0, 0.1) is 0 Å². The predicted octanol–water partition coefficient (Wildman–Crippen LogP) is 2.99. The highest BCUT2D eigenvalue weighted by molar-refractivity contribution is 7.11. The number of rotatable bonds is 8. The van der Waals surface area contributed by atoms with Crippen LogP contribution in [0.3, 0.4) is 0 Å². The first-order valence-corrected chi connectivity index (χ1v) is 10.0. The van der Waals surface area contributed by atoms with Crippen LogP contribution >= 0.6 is 11.3 Å². The molecule has 3 aromatic heterocycles. The number of carbonyl (C=O) groups is 1. The Labute approximate surface area is 178 Å². The number of nitrogens with one attached hydrogen (secondary N) is 2. The van der Waals surface area contributed by atoms with Gasteiger partial charge in [-0.1, -0.05) is 6.07 Å². The largest absolute Gasteiger partial charge is 0.389 e. The maximum absolute atomic E-state index is 12.8. The van der Waals surface area contributed by atoms with Crippen molar-refractivity contribution in [2.75, 3.05) is 5.32 Å². The average molecular weight is 426 g/mol. The molecule has 3 rings (SSSR count). The number of hydrogen-bond acceptors (Lipinski definition) is 8. The number of hydrazone groups is 1. The number of pyridine rings is 1. The molecule has 0 bridgehead atoms. The van der Waals surface area contributed by atoms with Crippen molar-refractivity contribution in [3.8, 4) is 11.4 Å². The molecule has 0 saturated heterocycles. The summed E-state index contributed by atoms with van der Waals surface area (Å²) in [6.07, 6.45) is 5.00. The van der Waals surface area contributed by atoms with Gasteiger partial charge in [0.2, 0.25) is 0 Å². The fraction of sp³-hybridized carbons (Fsp3) is 0.250. The van der Waals surface area contributed by atoms with Crippen molar-refractivity contribution in [1.29, 1.82) is 0 Å². The van der Waals surface area contributed by atoms with Gasteiger partial charge >= 0.3 is 0 Å². The highest BCUT2D eigenvalue weighted by Crippen LogP contribution is 2.26. The molecule has 0 aliphatic heterocycles. The number of aromatic nitrogens is 4. The molecule has 0 saturated carbocycles. The normalized spacial score (nSPS) is 11.9. The highest BCUT2D eigenvalue weighted by atomic mass is 32.1. The molecule has 3 heterocycles. The number of aliphatic hydroxyl groups is 1. The van der Waals surface area contributed by atoms with Crippen LogP contribution in [-0.2, 0) is 6.54 Å². The topological polar surface area (TPSA) is 117 Å². The lowest BCUT2D eigenvalue weighted by atomic mass is 10.1. The van der Waals surface area contributed by atoms with Crippen LogP contribution in [0.1, 0.15) is 36.3 Å². The molecule has 0 aromatic carbocycles. The Morgan fingerprint density at radius 3 is 2.90 bits per heavy atom. The van der Waals surface area contributed by atoms with Gasteiger partial charge in [-0.25, -0.2) is 4.98 Å². The van der Waals surface area contributed by atoms with Gasteiger partial charge in [0.25, 0.3) is 5.91 Å². The number of hydrogen-bond donors (Lipinski definition) is 3. The van der Waals surface area contributed by atoms with E-state index in [1.54, 1.807) is 48.6 Å². The smallest absolute Gasteiger partial charge is 0.275 e. The van der Waals surface area contributed by atoms with Crippen molar-refractivity contribution in [3.63, 3.8) is 0 Å². The third-order valence-electron chi connectivity index (χ3n) is 3.91. The molecule has 0 aliphatic carbocycles. The molecule has 0 atom stereocenters. The molecule has 9 nitrogen and oxygen atoms in total. The van der Waals surface area contributed by atoms with Crippen LogP contribution in [0.25, 0.3) is 17.0 Å². The maximum atomic E-state index is 12.8. The van der Waals surface area contributed by atoms with Crippen LogP contribution in [0.15, 0.2) is 47.3 Å². The molecule has 10 heteroatoms. The summed E-state index contributed by atoms with van der Waals surface area (Å²) in [6, 6.07) is 5.46. The first-order chi connectivity index (χ1) is 14.3. The molecule has 30 heavy (non-hydrogen) atoms. The summed E-state index contributed by atoms with van der Waals surface area (Å²) < 4.78 is 1.59. The van der Waals surface area contributed by atoms with E-state index in [9.17, 15) is 9.90 Å². The van der Waals surface area contributed by atoms with Crippen LogP contribution < -0.4 is 10.7 Å². The number of nitrogens with zero attached hydrogens (tertiary/aromatic N) is 5. The molecule has 0 unspecified atom stereocenters. The van der Waals surface area contributed by atoms with Crippen molar-refractivity contribution in [1.82, 2.24) is 25.2 Å². The van der Waals surface area contributed by atoms with Gasteiger partial charge in [0.05, 0.1) is 23.5 Å². The van der Waals surface area contributed by atoms with Gasteiger partial charge in [0.15, 0.2) is 0 Å². The van der Waals surface area contributed by atoms with E-state index in [1.807, 2.05) is 19.1 Å². The molecule has 156 valence electrons.